The minimum absolute atomic E-state index is 0.00313. The van der Waals surface area contributed by atoms with Crippen molar-refractivity contribution in [3.05, 3.63) is 54.5 Å². The van der Waals surface area contributed by atoms with E-state index in [0.717, 1.165) is 22.6 Å². The van der Waals surface area contributed by atoms with Gasteiger partial charge in [0.2, 0.25) is 5.95 Å². The molecule has 12 heteroatoms. The van der Waals surface area contributed by atoms with E-state index in [9.17, 15) is 4.79 Å². The van der Waals surface area contributed by atoms with Crippen molar-refractivity contribution < 1.29 is 9.53 Å². The second kappa shape index (κ2) is 9.98. The molecule has 2 fully saturated rings. The number of hydrogen-bond donors (Lipinski definition) is 3. The number of benzene rings is 1. The minimum Gasteiger partial charge on any atom is -0.494 e. The average molecular weight is 530 g/mol. The summed E-state index contributed by atoms with van der Waals surface area (Å²) in [5, 5.41) is 19.2. The summed E-state index contributed by atoms with van der Waals surface area (Å²) in [5.74, 6) is 0.595. The number of carbonyl (C=O) groups excluding carboxylic acids is 1. The second-order valence-corrected chi connectivity index (χ2v) is 12.2. The van der Waals surface area contributed by atoms with Gasteiger partial charge in [-0.05, 0) is 69.2 Å². The van der Waals surface area contributed by atoms with Crippen molar-refractivity contribution >= 4 is 42.4 Å². The molecule has 0 unspecified atom stereocenters. The van der Waals surface area contributed by atoms with E-state index in [4.69, 9.17) is 15.6 Å². The van der Waals surface area contributed by atoms with Gasteiger partial charge in [-0.1, -0.05) is 6.07 Å². The van der Waals surface area contributed by atoms with E-state index in [-0.39, 0.29) is 13.6 Å². The number of ether oxygens (including phenoxy) is 1. The lowest BCUT2D eigenvalue weighted by Crippen LogP contribution is -2.17. The van der Waals surface area contributed by atoms with Crippen molar-refractivity contribution in [3.63, 3.8) is 0 Å². The molecule has 1 amide bonds. The summed E-state index contributed by atoms with van der Waals surface area (Å²) in [7, 11) is 3.48. The van der Waals surface area contributed by atoms with Gasteiger partial charge in [0.05, 0.1) is 29.6 Å². The van der Waals surface area contributed by atoms with Gasteiger partial charge in [-0.2, -0.15) is 5.10 Å². The molecule has 1 aromatic carbocycles. The molecule has 38 heavy (non-hydrogen) atoms. The topological polar surface area (TPSA) is 146 Å². The Morgan fingerprint density at radius 3 is 2.42 bits per heavy atom. The van der Waals surface area contributed by atoms with Crippen molar-refractivity contribution in [1.29, 1.82) is 0 Å². The highest BCUT2D eigenvalue weighted by atomic mass is 31.1. The summed E-state index contributed by atoms with van der Waals surface area (Å²) in [6.45, 7) is 0. The standard InChI is InChI=1S/C26H28N9O2P/c1-35-22(38(15-7-8-15)16-9-10-16)14-19(34-35)17-5-3-6-18(24(17)37-2)30-20-13-21(32-33-23(20)25(27)36)31-26-28-11-4-12-29-26/h3-6,11-16H,7-10H2,1-2H3,(H2,27,36)(H2,28,29,30,31,32). The van der Waals surface area contributed by atoms with Gasteiger partial charge in [0.1, 0.15) is 0 Å². The fourth-order valence-corrected chi connectivity index (χ4v) is 8.02. The van der Waals surface area contributed by atoms with E-state index in [1.165, 1.54) is 31.1 Å². The Morgan fingerprint density at radius 1 is 1.03 bits per heavy atom. The first-order chi connectivity index (χ1) is 18.5. The van der Waals surface area contributed by atoms with E-state index in [1.54, 1.807) is 31.6 Å². The van der Waals surface area contributed by atoms with Gasteiger partial charge in [-0.3, -0.25) is 9.48 Å². The molecule has 6 rings (SSSR count). The highest BCUT2D eigenvalue weighted by Gasteiger charge is 2.43. The largest absolute Gasteiger partial charge is 0.494 e. The summed E-state index contributed by atoms with van der Waals surface area (Å²) in [5.41, 5.74) is 11.4. The maximum atomic E-state index is 12.1. The Bertz CT molecular complexity index is 1470. The number of para-hydroxylation sites is 1. The first-order valence-electron chi connectivity index (χ1n) is 12.5. The van der Waals surface area contributed by atoms with Gasteiger partial charge in [-0.15, -0.1) is 10.2 Å². The summed E-state index contributed by atoms with van der Waals surface area (Å²) in [6.07, 6.45) is 8.55. The van der Waals surface area contributed by atoms with E-state index in [1.807, 2.05) is 25.2 Å². The van der Waals surface area contributed by atoms with Crippen molar-refractivity contribution in [2.24, 2.45) is 12.8 Å². The molecule has 0 spiro atoms. The molecule has 0 saturated heterocycles. The predicted octanol–water partition coefficient (Wildman–Crippen LogP) is 3.69. The van der Waals surface area contributed by atoms with E-state index in [0.29, 0.717) is 28.9 Å². The van der Waals surface area contributed by atoms with Gasteiger partial charge < -0.3 is 21.1 Å². The van der Waals surface area contributed by atoms with Crippen molar-refractivity contribution in [2.75, 3.05) is 17.7 Å². The third kappa shape index (κ3) is 4.89. The number of nitrogens with zero attached hydrogens (tertiary/aromatic N) is 6. The predicted molar refractivity (Wildman–Crippen MR) is 147 cm³/mol. The molecule has 2 aliphatic rings. The van der Waals surface area contributed by atoms with Crippen LogP contribution in [-0.4, -0.2) is 54.3 Å². The van der Waals surface area contributed by atoms with Crippen LogP contribution < -0.4 is 26.5 Å². The fourth-order valence-electron chi connectivity index (χ4n) is 4.62. The lowest BCUT2D eigenvalue weighted by atomic mass is 10.1. The molecule has 3 aromatic heterocycles. The monoisotopic (exact) mass is 529 g/mol. The normalized spacial score (nSPS) is 14.9. The summed E-state index contributed by atoms with van der Waals surface area (Å²) in [4.78, 5) is 20.4. The van der Waals surface area contributed by atoms with Crippen molar-refractivity contribution in [3.8, 4) is 17.0 Å². The van der Waals surface area contributed by atoms with Crippen LogP contribution in [0.15, 0.2) is 48.8 Å². The zero-order chi connectivity index (χ0) is 26.2. The van der Waals surface area contributed by atoms with Gasteiger partial charge in [0, 0.05) is 31.1 Å². The third-order valence-corrected chi connectivity index (χ3v) is 10.2. The van der Waals surface area contributed by atoms with Crippen LogP contribution >= 0.6 is 7.92 Å². The number of aromatic nitrogens is 6. The maximum absolute atomic E-state index is 12.1. The van der Waals surface area contributed by atoms with Gasteiger partial charge in [-0.25, -0.2) is 9.97 Å². The van der Waals surface area contributed by atoms with Crippen LogP contribution in [0.2, 0.25) is 0 Å². The molecule has 0 aliphatic heterocycles. The number of primary amides is 1. The number of amides is 1. The number of methoxy groups -OCH3 is 1. The van der Waals surface area contributed by atoms with Crippen LogP contribution in [0.25, 0.3) is 11.3 Å². The lowest BCUT2D eigenvalue weighted by molar-refractivity contribution is 0.0995. The molecule has 0 atom stereocenters. The van der Waals surface area contributed by atoms with E-state index in [2.05, 4.69) is 41.5 Å². The van der Waals surface area contributed by atoms with Crippen molar-refractivity contribution in [1.82, 2.24) is 29.9 Å². The molecule has 4 N–H and O–H groups in total. The Labute approximate surface area is 221 Å². The third-order valence-electron chi connectivity index (χ3n) is 6.60. The fraction of sp³-hybridized carbons (Fsp3) is 0.308. The van der Waals surface area contributed by atoms with Crippen LogP contribution in [0.3, 0.4) is 0 Å². The molecule has 0 radical (unpaired) electrons. The first kappa shape index (κ1) is 24.2. The zero-order valence-electron chi connectivity index (χ0n) is 21.1. The Hall–Kier alpha value is -4.11. The van der Waals surface area contributed by atoms with Crippen LogP contribution in [0.5, 0.6) is 5.75 Å². The molecule has 4 aromatic rings. The first-order valence-corrected chi connectivity index (χ1v) is 14.0. The van der Waals surface area contributed by atoms with E-state index < -0.39 is 5.91 Å². The highest BCUT2D eigenvalue weighted by molar-refractivity contribution is 7.67. The maximum Gasteiger partial charge on any atom is 0.271 e. The number of rotatable bonds is 10. The summed E-state index contributed by atoms with van der Waals surface area (Å²) in [6, 6.07) is 11.4. The van der Waals surface area contributed by atoms with Crippen LogP contribution in [0.4, 0.5) is 23.1 Å². The summed E-state index contributed by atoms with van der Waals surface area (Å²) < 4.78 is 7.92. The zero-order valence-corrected chi connectivity index (χ0v) is 22.0. The smallest absolute Gasteiger partial charge is 0.271 e. The van der Waals surface area contributed by atoms with Gasteiger partial charge in [0.15, 0.2) is 17.3 Å². The molecule has 194 valence electrons. The quantitative estimate of drug-likeness (QED) is 0.262. The molecular formula is C26H28N9O2P. The Balaban J connectivity index is 1.34. The molecule has 2 saturated carbocycles. The average Bonchev–Trinajstić information content (AvgIpc) is 3.85. The highest BCUT2D eigenvalue weighted by Crippen LogP contribution is 2.63. The summed E-state index contributed by atoms with van der Waals surface area (Å²) >= 11 is 0. The molecular weight excluding hydrogens is 501 g/mol. The van der Waals surface area contributed by atoms with Crippen LogP contribution in [-0.2, 0) is 7.05 Å². The number of nitrogens with two attached hydrogens (primary N) is 1. The molecule has 3 heterocycles. The van der Waals surface area contributed by atoms with Gasteiger partial charge in [0.25, 0.3) is 5.91 Å². The van der Waals surface area contributed by atoms with Crippen LogP contribution in [0.1, 0.15) is 36.2 Å². The number of nitrogens with one attached hydrogen (secondary N) is 2. The van der Waals surface area contributed by atoms with Gasteiger partial charge >= 0.3 is 0 Å². The number of anilines is 4. The molecule has 0 bridgehead atoms. The minimum atomic E-state index is -0.708. The van der Waals surface area contributed by atoms with Crippen LogP contribution in [0, 0.1) is 0 Å². The lowest BCUT2D eigenvalue weighted by Gasteiger charge is -2.16. The SMILES string of the molecule is COc1c(Nc2cc(Nc3ncccn3)nnc2C(N)=O)cccc1-c1cc(P(C2CC2)C2CC2)n(C)n1. The van der Waals surface area contributed by atoms with E-state index >= 15 is 0 Å². The molecule has 2 aliphatic carbocycles. The second-order valence-electron chi connectivity index (χ2n) is 9.45. The number of aryl methyl sites for hydroxylation is 1. The van der Waals surface area contributed by atoms with Crippen molar-refractivity contribution in [2.45, 2.75) is 37.0 Å². The molecule has 11 nitrogen and oxygen atoms in total. The Kier molecular flexibility index (Phi) is 6.37. The Morgan fingerprint density at radius 2 is 1.76 bits per heavy atom. The number of carbonyl (C=O) groups is 1. The number of hydrogen-bond acceptors (Lipinski definition) is 9.